The van der Waals surface area contributed by atoms with Gasteiger partial charge in [-0.3, -0.25) is 18.9 Å². The SMILES string of the molecule is COP1(=O)N=C(C2C(=O)c3ccccc3C(C)(CCC(C)C)C2=O)Nc2ccc(NS(C)(=O)=O)cc21. The van der Waals surface area contributed by atoms with Crippen LogP contribution in [0, 0.1) is 11.8 Å². The summed E-state index contributed by atoms with van der Waals surface area (Å²) in [5, 5.41) is 3.16. The Kier molecular flexibility index (Phi) is 6.75. The van der Waals surface area contributed by atoms with Crippen LogP contribution in [-0.4, -0.2) is 39.2 Å². The number of nitrogens with one attached hydrogen (secondary N) is 2. The van der Waals surface area contributed by atoms with Gasteiger partial charge in [-0.15, -0.1) is 0 Å². The minimum Gasteiger partial charge on any atom is -0.342 e. The van der Waals surface area contributed by atoms with Crippen LogP contribution in [0.25, 0.3) is 0 Å². The summed E-state index contributed by atoms with van der Waals surface area (Å²) in [5.74, 6) is -1.66. The van der Waals surface area contributed by atoms with Gasteiger partial charge in [0.05, 0.1) is 22.7 Å². The summed E-state index contributed by atoms with van der Waals surface area (Å²) in [6.45, 7) is 6.01. The molecule has 9 nitrogen and oxygen atoms in total. The molecular formula is C25H30N3O6PS. The highest BCUT2D eigenvalue weighted by molar-refractivity contribution is 7.92. The topological polar surface area (TPSA) is 131 Å². The zero-order valence-corrected chi connectivity index (χ0v) is 22.6. The molecule has 2 N–H and O–H groups in total. The van der Waals surface area contributed by atoms with E-state index in [4.69, 9.17) is 4.52 Å². The number of sulfonamides is 1. The molecule has 4 rings (SSSR count). The lowest BCUT2D eigenvalue weighted by atomic mass is 9.63. The molecule has 11 heteroatoms. The second-order valence-corrected chi connectivity index (χ2v) is 13.7. The molecule has 0 bridgehead atoms. The molecule has 1 aliphatic heterocycles. The van der Waals surface area contributed by atoms with E-state index in [0.29, 0.717) is 29.2 Å². The lowest BCUT2D eigenvalue weighted by molar-refractivity contribution is -0.125. The Morgan fingerprint density at radius 1 is 1.19 bits per heavy atom. The standard InChI is InChI=1S/C25H30N3O6PS/c1-15(2)12-13-25(3)18-9-7-6-8-17(18)22(29)21(23(25)30)24-26-19-11-10-16(28-36(5,32)33)14-20(19)35(31,27-24)34-4/h6-11,14-15,21,28H,12-13H2,1-5H3,(H,26,27,31). The van der Waals surface area contributed by atoms with Gasteiger partial charge in [0.1, 0.15) is 11.8 Å². The Hall–Kier alpha value is -2.81. The van der Waals surface area contributed by atoms with Gasteiger partial charge in [0.15, 0.2) is 11.6 Å². The number of rotatable bonds is 7. The lowest BCUT2D eigenvalue weighted by Crippen LogP contribution is -2.51. The molecule has 0 fully saturated rings. The van der Waals surface area contributed by atoms with E-state index in [2.05, 4.69) is 28.6 Å². The van der Waals surface area contributed by atoms with Gasteiger partial charge in [-0.1, -0.05) is 38.1 Å². The maximum atomic E-state index is 14.0. The molecule has 0 amide bonds. The van der Waals surface area contributed by atoms with Crippen molar-refractivity contribution in [3.63, 3.8) is 0 Å². The van der Waals surface area contributed by atoms with Crippen molar-refractivity contribution in [1.82, 2.24) is 0 Å². The Bertz CT molecular complexity index is 1440. The summed E-state index contributed by atoms with van der Waals surface area (Å²) >= 11 is 0. The van der Waals surface area contributed by atoms with E-state index in [0.717, 1.165) is 12.7 Å². The maximum Gasteiger partial charge on any atom is 0.348 e. The Morgan fingerprint density at radius 3 is 2.53 bits per heavy atom. The second kappa shape index (κ2) is 9.25. The number of hydrogen-bond donors (Lipinski definition) is 2. The first-order valence-electron chi connectivity index (χ1n) is 11.6. The first kappa shape index (κ1) is 26.3. The van der Waals surface area contributed by atoms with Gasteiger partial charge in [0.2, 0.25) is 10.0 Å². The molecule has 0 aromatic heterocycles. The van der Waals surface area contributed by atoms with E-state index in [-0.39, 0.29) is 22.6 Å². The zero-order valence-electron chi connectivity index (χ0n) is 20.9. The lowest BCUT2D eigenvalue weighted by Gasteiger charge is -2.39. The minimum absolute atomic E-state index is 0.0308. The van der Waals surface area contributed by atoms with Crippen LogP contribution in [-0.2, 0) is 29.3 Å². The number of anilines is 2. The molecule has 192 valence electrons. The molecule has 0 saturated heterocycles. The van der Waals surface area contributed by atoms with E-state index in [9.17, 15) is 22.6 Å². The molecule has 0 radical (unpaired) electrons. The summed E-state index contributed by atoms with van der Waals surface area (Å²) in [6, 6.07) is 11.5. The molecule has 0 spiro atoms. The summed E-state index contributed by atoms with van der Waals surface area (Å²) < 4.78 is 49.0. The van der Waals surface area contributed by atoms with Gasteiger partial charge in [0.25, 0.3) is 0 Å². The number of carbonyl (C=O) groups excluding carboxylic acids is 2. The van der Waals surface area contributed by atoms with E-state index >= 15 is 0 Å². The fraction of sp³-hybridized carbons (Fsp3) is 0.400. The van der Waals surface area contributed by atoms with Gasteiger partial charge >= 0.3 is 7.52 Å². The van der Waals surface area contributed by atoms with Crippen molar-refractivity contribution in [2.45, 2.75) is 39.0 Å². The number of amidine groups is 1. The molecule has 2 aliphatic rings. The van der Waals surface area contributed by atoms with Crippen LogP contribution >= 0.6 is 7.52 Å². The van der Waals surface area contributed by atoms with Crippen LogP contribution in [0.4, 0.5) is 11.4 Å². The van der Waals surface area contributed by atoms with Gasteiger partial charge in [-0.25, -0.2) is 8.42 Å². The molecule has 3 atom stereocenters. The van der Waals surface area contributed by atoms with Crippen LogP contribution in [0.5, 0.6) is 0 Å². The molecule has 2 aromatic rings. The number of hydrogen-bond acceptors (Lipinski definition) is 7. The average molecular weight is 532 g/mol. The number of benzene rings is 2. The quantitative estimate of drug-likeness (QED) is 0.406. The number of carbonyl (C=O) groups is 2. The molecule has 1 heterocycles. The summed E-state index contributed by atoms with van der Waals surface area (Å²) in [5.41, 5.74) is 0.731. The average Bonchev–Trinajstić information content (AvgIpc) is 2.81. The van der Waals surface area contributed by atoms with E-state index in [1.54, 1.807) is 12.1 Å². The van der Waals surface area contributed by atoms with Gasteiger partial charge < -0.3 is 9.84 Å². The normalized spacial score (nSPS) is 25.6. The highest BCUT2D eigenvalue weighted by atomic mass is 32.2. The predicted molar refractivity (Wildman–Crippen MR) is 141 cm³/mol. The van der Waals surface area contributed by atoms with Crippen LogP contribution in [0.2, 0.25) is 0 Å². The monoisotopic (exact) mass is 531 g/mol. The number of fused-ring (bicyclic) bond motifs is 2. The fourth-order valence-corrected chi connectivity index (χ4v) is 6.89. The molecule has 3 unspecified atom stereocenters. The van der Waals surface area contributed by atoms with Crippen molar-refractivity contribution in [3.8, 4) is 0 Å². The summed E-state index contributed by atoms with van der Waals surface area (Å²) in [4.78, 5) is 27.6. The van der Waals surface area contributed by atoms with E-state index < -0.39 is 34.7 Å². The van der Waals surface area contributed by atoms with Crippen LogP contribution in [0.1, 0.15) is 49.5 Å². The second-order valence-electron chi connectivity index (χ2n) is 9.89. The summed E-state index contributed by atoms with van der Waals surface area (Å²) in [7, 11) is -6.27. The number of nitrogens with zero attached hydrogens (tertiary/aromatic N) is 1. The van der Waals surface area contributed by atoms with Crippen LogP contribution in [0.15, 0.2) is 47.2 Å². The molecular weight excluding hydrogens is 501 g/mol. The van der Waals surface area contributed by atoms with E-state index in [1.165, 1.54) is 25.3 Å². The molecule has 2 aromatic carbocycles. The Balaban J connectivity index is 1.81. The number of Topliss-reactive ketones (excluding diaryl/α,β-unsaturated/α-hetero) is 2. The largest absolute Gasteiger partial charge is 0.348 e. The maximum absolute atomic E-state index is 14.0. The highest BCUT2D eigenvalue weighted by Gasteiger charge is 2.52. The van der Waals surface area contributed by atoms with Crippen LogP contribution < -0.4 is 15.3 Å². The molecule has 0 saturated carbocycles. The zero-order chi connectivity index (χ0) is 26.5. The third kappa shape index (κ3) is 4.65. The van der Waals surface area contributed by atoms with Gasteiger partial charge in [0, 0.05) is 18.4 Å². The highest BCUT2D eigenvalue weighted by Crippen LogP contribution is 2.52. The third-order valence-corrected chi connectivity index (χ3v) is 9.26. The smallest absolute Gasteiger partial charge is 0.342 e. The van der Waals surface area contributed by atoms with Crippen molar-refractivity contribution in [1.29, 1.82) is 0 Å². The first-order chi connectivity index (χ1) is 16.8. The van der Waals surface area contributed by atoms with Gasteiger partial charge in [-0.05, 0) is 49.4 Å². The third-order valence-electron chi connectivity index (χ3n) is 6.71. The van der Waals surface area contributed by atoms with Crippen molar-refractivity contribution in [2.75, 3.05) is 23.4 Å². The number of ketones is 2. The first-order valence-corrected chi connectivity index (χ1v) is 15.1. The Morgan fingerprint density at radius 2 is 1.89 bits per heavy atom. The molecule has 36 heavy (non-hydrogen) atoms. The Labute approximate surface area is 211 Å². The molecule has 1 aliphatic carbocycles. The van der Waals surface area contributed by atoms with Crippen molar-refractivity contribution >= 4 is 51.6 Å². The van der Waals surface area contributed by atoms with Crippen molar-refractivity contribution < 1.29 is 27.1 Å². The fourth-order valence-electron chi connectivity index (χ4n) is 4.77. The van der Waals surface area contributed by atoms with Crippen LogP contribution in [0.3, 0.4) is 0 Å². The van der Waals surface area contributed by atoms with Crippen molar-refractivity contribution in [2.24, 2.45) is 16.6 Å². The predicted octanol–water partition coefficient (Wildman–Crippen LogP) is 4.12. The minimum atomic E-state index is -3.92. The van der Waals surface area contributed by atoms with Gasteiger partial charge in [-0.2, -0.15) is 4.76 Å². The summed E-state index contributed by atoms with van der Waals surface area (Å²) in [6.07, 6.45) is 2.34. The van der Waals surface area contributed by atoms with E-state index in [1.807, 2.05) is 19.1 Å². The van der Waals surface area contributed by atoms with Crippen molar-refractivity contribution in [3.05, 3.63) is 53.6 Å².